The maximum Gasteiger partial charge on any atom is 0.124 e. The largest absolute Gasteiger partial charge is 0.507 e. The molecule has 0 heterocycles. The minimum Gasteiger partial charge on any atom is -0.507 e. The van der Waals surface area contributed by atoms with Gasteiger partial charge in [0.15, 0.2) is 0 Å². The summed E-state index contributed by atoms with van der Waals surface area (Å²) in [5.41, 5.74) is 7.87. The lowest BCUT2D eigenvalue weighted by Crippen LogP contribution is -2.12. The first-order valence-corrected chi connectivity index (χ1v) is 6.12. The maximum absolute atomic E-state index is 9.97. The van der Waals surface area contributed by atoms with E-state index in [0.29, 0.717) is 5.75 Å². The number of rotatable bonds is 3. The van der Waals surface area contributed by atoms with Gasteiger partial charge in [-0.05, 0) is 30.9 Å². The molecular formula is C12H17BrClNO. The van der Waals surface area contributed by atoms with Gasteiger partial charge in [0.1, 0.15) is 5.75 Å². The van der Waals surface area contributed by atoms with Crippen molar-refractivity contribution in [1.29, 1.82) is 0 Å². The Morgan fingerprint density at radius 2 is 2.12 bits per heavy atom. The third-order valence-corrected chi connectivity index (χ3v) is 3.71. The molecular weight excluding hydrogens is 289 g/mol. The van der Waals surface area contributed by atoms with Gasteiger partial charge in [-0.3, -0.25) is 0 Å². The van der Waals surface area contributed by atoms with Crippen molar-refractivity contribution in [2.45, 2.75) is 32.2 Å². The Hall–Kier alpha value is -0.250. The fourth-order valence-electron chi connectivity index (χ4n) is 1.88. The molecule has 1 atom stereocenters. The first-order valence-electron chi connectivity index (χ1n) is 5.33. The molecule has 2 nitrogen and oxygen atoms in total. The van der Waals surface area contributed by atoms with E-state index in [1.54, 1.807) is 0 Å². The lowest BCUT2D eigenvalue weighted by molar-refractivity contribution is 0.450. The molecule has 1 fully saturated rings. The average Bonchev–Trinajstić information content (AvgIpc) is 2.96. The zero-order valence-corrected chi connectivity index (χ0v) is 11.6. The lowest BCUT2D eigenvalue weighted by atomic mass is 9.99. The van der Waals surface area contributed by atoms with Crippen molar-refractivity contribution < 1.29 is 5.11 Å². The van der Waals surface area contributed by atoms with E-state index in [0.717, 1.165) is 27.9 Å². The standard InChI is InChI=1S/C12H16BrNO.ClH/c1-7-2-5-9(13)11(12(7)15)10(14)6-8-3-4-8;/h2,5,8,10,15H,3-4,6,14H2,1H3;1H/t10-;/m0./s1. The van der Waals surface area contributed by atoms with E-state index in [9.17, 15) is 5.11 Å². The van der Waals surface area contributed by atoms with Crippen molar-refractivity contribution in [1.82, 2.24) is 0 Å². The Morgan fingerprint density at radius 1 is 1.50 bits per heavy atom. The van der Waals surface area contributed by atoms with Gasteiger partial charge in [-0.1, -0.05) is 34.8 Å². The fourth-order valence-corrected chi connectivity index (χ4v) is 2.49. The third kappa shape index (κ3) is 2.90. The van der Waals surface area contributed by atoms with Gasteiger partial charge in [-0.15, -0.1) is 12.4 Å². The Balaban J connectivity index is 0.00000128. The van der Waals surface area contributed by atoms with Crippen LogP contribution in [0.3, 0.4) is 0 Å². The number of hydrogen-bond acceptors (Lipinski definition) is 2. The number of benzene rings is 1. The van der Waals surface area contributed by atoms with Crippen LogP contribution in [-0.4, -0.2) is 5.11 Å². The molecule has 1 aliphatic rings. The normalized spacial score (nSPS) is 16.7. The van der Waals surface area contributed by atoms with Crippen LogP contribution in [0.15, 0.2) is 16.6 Å². The highest BCUT2D eigenvalue weighted by atomic mass is 79.9. The van der Waals surface area contributed by atoms with Gasteiger partial charge in [-0.25, -0.2) is 0 Å². The van der Waals surface area contributed by atoms with E-state index in [1.807, 2.05) is 19.1 Å². The summed E-state index contributed by atoms with van der Waals surface area (Å²) in [4.78, 5) is 0. The molecule has 0 spiro atoms. The molecule has 0 aromatic heterocycles. The summed E-state index contributed by atoms with van der Waals surface area (Å²) in [6.07, 6.45) is 3.56. The number of nitrogens with two attached hydrogens (primary N) is 1. The van der Waals surface area contributed by atoms with Crippen LogP contribution in [0.4, 0.5) is 0 Å². The first-order chi connectivity index (χ1) is 7.09. The van der Waals surface area contributed by atoms with Crippen LogP contribution in [0, 0.1) is 12.8 Å². The number of phenolic OH excluding ortho intramolecular Hbond substituents is 1. The molecule has 16 heavy (non-hydrogen) atoms. The van der Waals surface area contributed by atoms with Crippen LogP contribution in [0.2, 0.25) is 0 Å². The Labute approximate surface area is 111 Å². The van der Waals surface area contributed by atoms with Crippen molar-refractivity contribution in [2.75, 3.05) is 0 Å². The van der Waals surface area contributed by atoms with Crippen molar-refractivity contribution in [3.05, 3.63) is 27.7 Å². The predicted molar refractivity (Wildman–Crippen MR) is 72.1 cm³/mol. The summed E-state index contributed by atoms with van der Waals surface area (Å²) in [6, 6.07) is 3.80. The van der Waals surface area contributed by atoms with Crippen LogP contribution in [-0.2, 0) is 0 Å². The number of phenols is 1. The van der Waals surface area contributed by atoms with Gasteiger partial charge in [0.05, 0.1) is 0 Å². The van der Waals surface area contributed by atoms with Gasteiger partial charge < -0.3 is 10.8 Å². The molecule has 0 saturated heterocycles. The SMILES string of the molecule is Cc1ccc(Br)c([C@@H](N)CC2CC2)c1O.Cl. The van der Waals surface area contributed by atoms with Crippen LogP contribution in [0.1, 0.15) is 36.4 Å². The Morgan fingerprint density at radius 3 is 2.69 bits per heavy atom. The Kier molecular flexibility index (Phi) is 4.65. The van der Waals surface area contributed by atoms with Gasteiger partial charge in [0.25, 0.3) is 0 Å². The molecule has 1 aromatic rings. The second kappa shape index (κ2) is 5.39. The number of hydrogen-bond donors (Lipinski definition) is 2. The van der Waals surface area contributed by atoms with Gasteiger partial charge >= 0.3 is 0 Å². The quantitative estimate of drug-likeness (QED) is 0.894. The van der Waals surface area contributed by atoms with E-state index in [2.05, 4.69) is 15.9 Å². The summed E-state index contributed by atoms with van der Waals surface area (Å²) in [5.74, 6) is 1.12. The molecule has 0 radical (unpaired) electrons. The highest BCUT2D eigenvalue weighted by Gasteiger charge is 2.26. The fraction of sp³-hybridized carbons (Fsp3) is 0.500. The molecule has 3 N–H and O–H groups in total. The summed E-state index contributed by atoms with van der Waals surface area (Å²) in [6.45, 7) is 1.90. The van der Waals surface area contributed by atoms with Crippen LogP contribution in [0.25, 0.3) is 0 Å². The second-order valence-corrected chi connectivity index (χ2v) is 5.27. The molecule has 0 unspecified atom stereocenters. The monoisotopic (exact) mass is 305 g/mol. The predicted octanol–water partition coefficient (Wildman–Crippen LogP) is 3.68. The van der Waals surface area contributed by atoms with Crippen LogP contribution in [0.5, 0.6) is 5.75 Å². The van der Waals surface area contributed by atoms with Crippen LogP contribution >= 0.6 is 28.3 Å². The maximum atomic E-state index is 9.97. The van der Waals surface area contributed by atoms with Crippen LogP contribution < -0.4 is 5.73 Å². The number of halogens is 2. The first kappa shape index (κ1) is 13.8. The smallest absolute Gasteiger partial charge is 0.124 e. The van der Waals surface area contributed by atoms with Crippen molar-refractivity contribution >= 4 is 28.3 Å². The molecule has 0 aliphatic heterocycles. The highest BCUT2D eigenvalue weighted by molar-refractivity contribution is 9.10. The van der Waals surface area contributed by atoms with E-state index >= 15 is 0 Å². The molecule has 0 bridgehead atoms. The van der Waals surface area contributed by atoms with E-state index in [-0.39, 0.29) is 18.4 Å². The second-order valence-electron chi connectivity index (χ2n) is 4.41. The topological polar surface area (TPSA) is 46.2 Å². The minimum atomic E-state index is -0.0493. The molecule has 1 aromatic carbocycles. The molecule has 4 heteroatoms. The summed E-state index contributed by atoms with van der Waals surface area (Å²) >= 11 is 3.45. The average molecular weight is 307 g/mol. The van der Waals surface area contributed by atoms with E-state index in [4.69, 9.17) is 5.73 Å². The Bertz CT molecular complexity index is 380. The van der Waals surface area contributed by atoms with Gasteiger partial charge in [0, 0.05) is 16.1 Å². The van der Waals surface area contributed by atoms with Crippen molar-refractivity contribution in [3.63, 3.8) is 0 Å². The molecule has 1 aliphatic carbocycles. The zero-order valence-electron chi connectivity index (χ0n) is 9.24. The lowest BCUT2D eigenvalue weighted by Gasteiger charge is -2.16. The van der Waals surface area contributed by atoms with Crippen molar-refractivity contribution in [2.24, 2.45) is 11.7 Å². The summed E-state index contributed by atoms with van der Waals surface area (Å²) < 4.78 is 0.916. The minimum absolute atomic E-state index is 0. The highest BCUT2D eigenvalue weighted by Crippen LogP contribution is 2.41. The number of aromatic hydroxyl groups is 1. The molecule has 1 saturated carbocycles. The zero-order chi connectivity index (χ0) is 11.0. The number of aryl methyl sites for hydroxylation is 1. The van der Waals surface area contributed by atoms with E-state index in [1.165, 1.54) is 12.8 Å². The van der Waals surface area contributed by atoms with Gasteiger partial charge in [-0.2, -0.15) is 0 Å². The van der Waals surface area contributed by atoms with E-state index < -0.39 is 0 Å². The van der Waals surface area contributed by atoms with Crippen molar-refractivity contribution in [3.8, 4) is 5.75 Å². The molecule has 2 rings (SSSR count). The van der Waals surface area contributed by atoms with Gasteiger partial charge in [0.2, 0.25) is 0 Å². The molecule has 0 amide bonds. The summed E-state index contributed by atoms with van der Waals surface area (Å²) in [7, 11) is 0. The summed E-state index contributed by atoms with van der Waals surface area (Å²) in [5, 5.41) is 9.97. The molecule has 90 valence electrons. The third-order valence-electron chi connectivity index (χ3n) is 3.02.